The zero-order chi connectivity index (χ0) is 16.3. The van der Waals surface area contributed by atoms with Crippen LogP contribution in [0.25, 0.3) is 0 Å². The van der Waals surface area contributed by atoms with Crippen molar-refractivity contribution in [3.05, 3.63) is 35.4 Å². The molecule has 1 aliphatic rings. The molecule has 0 aromatic heterocycles. The summed E-state index contributed by atoms with van der Waals surface area (Å²) in [5, 5.41) is 2.79. The topological polar surface area (TPSA) is 35.6 Å². The molecule has 0 aliphatic carbocycles. The van der Waals surface area contributed by atoms with E-state index in [-0.39, 0.29) is 11.6 Å². The highest BCUT2D eigenvalue weighted by Crippen LogP contribution is 2.19. The van der Waals surface area contributed by atoms with Crippen molar-refractivity contribution < 1.29 is 13.6 Å². The summed E-state index contributed by atoms with van der Waals surface area (Å²) >= 11 is 0. The molecule has 122 valence electrons. The molecule has 6 heteroatoms. The van der Waals surface area contributed by atoms with Gasteiger partial charge in [0.15, 0.2) is 0 Å². The van der Waals surface area contributed by atoms with E-state index < -0.39 is 17.7 Å². The molecule has 0 unspecified atom stereocenters. The van der Waals surface area contributed by atoms with E-state index in [1.165, 1.54) is 12.1 Å². The van der Waals surface area contributed by atoms with E-state index in [0.717, 1.165) is 18.9 Å². The van der Waals surface area contributed by atoms with Crippen LogP contribution in [0.3, 0.4) is 0 Å². The molecule has 0 saturated carbocycles. The molecule has 22 heavy (non-hydrogen) atoms. The smallest absolute Gasteiger partial charge is 0.317 e. The molecule has 1 aromatic rings. The minimum absolute atomic E-state index is 0.206. The Bertz CT molecular complexity index is 536. The van der Waals surface area contributed by atoms with E-state index in [1.807, 2.05) is 14.1 Å². The molecule has 2 atom stereocenters. The van der Waals surface area contributed by atoms with Gasteiger partial charge in [0.25, 0.3) is 0 Å². The first-order valence-electron chi connectivity index (χ1n) is 7.55. The fourth-order valence-electron chi connectivity index (χ4n) is 2.77. The molecule has 1 aliphatic heterocycles. The highest BCUT2D eigenvalue weighted by Gasteiger charge is 2.26. The number of nitrogens with zero attached hydrogens (tertiary/aromatic N) is 2. The van der Waals surface area contributed by atoms with Crippen LogP contribution in [-0.4, -0.2) is 49.1 Å². The van der Waals surface area contributed by atoms with Crippen molar-refractivity contribution in [2.45, 2.75) is 31.8 Å². The van der Waals surface area contributed by atoms with Crippen LogP contribution in [0.2, 0.25) is 0 Å². The maximum Gasteiger partial charge on any atom is 0.317 e. The molecular weight excluding hydrogens is 288 g/mol. The first-order chi connectivity index (χ1) is 10.4. The second-order valence-corrected chi connectivity index (χ2v) is 6.04. The third kappa shape index (κ3) is 3.94. The van der Waals surface area contributed by atoms with E-state index in [2.05, 4.69) is 10.2 Å². The maximum absolute atomic E-state index is 13.7. The average Bonchev–Trinajstić information content (AvgIpc) is 2.47. The number of hydrogen-bond donors (Lipinski definition) is 1. The lowest BCUT2D eigenvalue weighted by Gasteiger charge is -2.36. The zero-order valence-corrected chi connectivity index (χ0v) is 13.3. The van der Waals surface area contributed by atoms with E-state index in [1.54, 1.807) is 11.8 Å². The zero-order valence-electron chi connectivity index (χ0n) is 13.3. The van der Waals surface area contributed by atoms with Crippen molar-refractivity contribution in [3.63, 3.8) is 0 Å². The van der Waals surface area contributed by atoms with Crippen LogP contribution in [0.1, 0.15) is 31.4 Å². The molecule has 0 bridgehead atoms. The number of carbonyl (C=O) groups excluding carboxylic acids is 1. The summed E-state index contributed by atoms with van der Waals surface area (Å²) in [6.07, 6.45) is 2.02. The van der Waals surface area contributed by atoms with Crippen molar-refractivity contribution >= 4 is 6.03 Å². The standard InChI is InChI=1S/C16H23F2N3O/c1-11(14-7-6-12(17)9-15(14)18)19-16(22)21-8-4-5-13(10-21)20(2)3/h6-7,9,11,13H,4-5,8,10H2,1-3H3,(H,19,22)/t11-,13-/m0/s1. The second kappa shape index (κ2) is 7.05. The van der Waals surface area contributed by atoms with Crippen molar-refractivity contribution in [2.24, 2.45) is 0 Å². The normalized spacial score (nSPS) is 20.1. The van der Waals surface area contributed by atoms with Crippen LogP contribution in [0.15, 0.2) is 18.2 Å². The van der Waals surface area contributed by atoms with E-state index in [9.17, 15) is 13.6 Å². The Kier molecular flexibility index (Phi) is 5.34. The number of benzene rings is 1. The Morgan fingerprint density at radius 1 is 1.41 bits per heavy atom. The lowest BCUT2D eigenvalue weighted by Crippen LogP contribution is -2.51. The van der Waals surface area contributed by atoms with Gasteiger partial charge < -0.3 is 15.1 Å². The van der Waals surface area contributed by atoms with Gasteiger partial charge in [-0.3, -0.25) is 0 Å². The number of urea groups is 1. The highest BCUT2D eigenvalue weighted by molar-refractivity contribution is 5.74. The highest BCUT2D eigenvalue weighted by atomic mass is 19.1. The predicted molar refractivity (Wildman–Crippen MR) is 81.6 cm³/mol. The Morgan fingerprint density at radius 3 is 2.77 bits per heavy atom. The van der Waals surface area contributed by atoms with Gasteiger partial charge in [0.2, 0.25) is 0 Å². The molecular formula is C16H23F2N3O. The van der Waals surface area contributed by atoms with Crippen LogP contribution in [0, 0.1) is 11.6 Å². The number of likely N-dealkylation sites (tertiary alicyclic amines) is 1. The van der Waals surface area contributed by atoms with Gasteiger partial charge in [0.05, 0.1) is 6.04 Å². The molecule has 0 radical (unpaired) electrons. The summed E-state index contributed by atoms with van der Waals surface area (Å²) in [6, 6.07) is 3.03. The van der Waals surface area contributed by atoms with Gasteiger partial charge in [0, 0.05) is 30.8 Å². The lowest BCUT2D eigenvalue weighted by molar-refractivity contribution is 0.138. The van der Waals surface area contributed by atoms with E-state index in [0.29, 0.717) is 19.1 Å². The molecule has 1 saturated heterocycles. The lowest BCUT2D eigenvalue weighted by atomic mass is 10.0. The van der Waals surface area contributed by atoms with Crippen LogP contribution in [0.5, 0.6) is 0 Å². The molecule has 2 amide bonds. The van der Waals surface area contributed by atoms with Gasteiger partial charge in [-0.25, -0.2) is 13.6 Å². The number of carbonyl (C=O) groups is 1. The molecule has 0 spiro atoms. The first kappa shape index (κ1) is 16.7. The Labute approximate surface area is 130 Å². The van der Waals surface area contributed by atoms with E-state index in [4.69, 9.17) is 0 Å². The molecule has 1 heterocycles. The Balaban J connectivity index is 1.98. The van der Waals surface area contributed by atoms with Crippen LogP contribution in [0.4, 0.5) is 13.6 Å². The van der Waals surface area contributed by atoms with Gasteiger partial charge in [-0.05, 0) is 39.9 Å². The van der Waals surface area contributed by atoms with Gasteiger partial charge in [-0.1, -0.05) is 6.07 Å². The number of hydrogen-bond acceptors (Lipinski definition) is 2. The minimum Gasteiger partial charge on any atom is -0.331 e. The third-order valence-electron chi connectivity index (χ3n) is 4.18. The summed E-state index contributed by atoms with van der Waals surface area (Å²) in [4.78, 5) is 16.2. The van der Waals surface area contributed by atoms with Crippen LogP contribution < -0.4 is 5.32 Å². The quantitative estimate of drug-likeness (QED) is 0.932. The largest absolute Gasteiger partial charge is 0.331 e. The third-order valence-corrected chi connectivity index (χ3v) is 4.18. The van der Waals surface area contributed by atoms with Crippen molar-refractivity contribution in [3.8, 4) is 0 Å². The molecule has 4 nitrogen and oxygen atoms in total. The van der Waals surface area contributed by atoms with Crippen molar-refractivity contribution in [1.29, 1.82) is 0 Å². The van der Waals surface area contributed by atoms with Gasteiger partial charge >= 0.3 is 6.03 Å². The van der Waals surface area contributed by atoms with Crippen molar-refractivity contribution in [2.75, 3.05) is 27.2 Å². The Hall–Kier alpha value is -1.69. The van der Waals surface area contributed by atoms with Gasteiger partial charge in [0.1, 0.15) is 11.6 Å². The van der Waals surface area contributed by atoms with Gasteiger partial charge in [-0.15, -0.1) is 0 Å². The minimum atomic E-state index is -0.641. The second-order valence-electron chi connectivity index (χ2n) is 6.04. The number of piperidine rings is 1. The average molecular weight is 311 g/mol. The number of likely N-dealkylation sites (N-methyl/N-ethyl adjacent to an activating group) is 1. The molecule has 1 aromatic carbocycles. The number of nitrogens with one attached hydrogen (secondary N) is 1. The summed E-state index contributed by atoms with van der Waals surface area (Å²) < 4.78 is 26.7. The molecule has 1 fully saturated rings. The van der Waals surface area contributed by atoms with Crippen molar-refractivity contribution in [1.82, 2.24) is 15.1 Å². The monoisotopic (exact) mass is 311 g/mol. The summed E-state index contributed by atoms with van der Waals surface area (Å²) in [6.45, 7) is 3.06. The molecule has 2 rings (SSSR count). The predicted octanol–water partition coefficient (Wildman–Crippen LogP) is 2.76. The first-order valence-corrected chi connectivity index (χ1v) is 7.55. The van der Waals surface area contributed by atoms with Gasteiger partial charge in [-0.2, -0.15) is 0 Å². The fourth-order valence-corrected chi connectivity index (χ4v) is 2.77. The van der Waals surface area contributed by atoms with Crippen LogP contribution >= 0.6 is 0 Å². The summed E-state index contributed by atoms with van der Waals surface area (Å²) in [5.41, 5.74) is 0.288. The summed E-state index contributed by atoms with van der Waals surface area (Å²) in [7, 11) is 4.01. The SMILES string of the molecule is C[C@H](NC(=O)N1CCC[C@H](N(C)C)C1)c1ccc(F)cc1F. The fraction of sp³-hybridized carbons (Fsp3) is 0.562. The number of amides is 2. The number of rotatable bonds is 3. The molecule has 1 N–H and O–H groups in total. The number of halogens is 2. The maximum atomic E-state index is 13.7. The Morgan fingerprint density at radius 2 is 2.14 bits per heavy atom. The van der Waals surface area contributed by atoms with Crippen LogP contribution in [-0.2, 0) is 0 Å². The van der Waals surface area contributed by atoms with E-state index >= 15 is 0 Å². The summed E-state index contributed by atoms with van der Waals surface area (Å²) in [5.74, 6) is -1.26.